The summed E-state index contributed by atoms with van der Waals surface area (Å²) < 4.78 is 4.55. The van der Waals surface area contributed by atoms with Crippen LogP contribution in [0.15, 0.2) is 0 Å². The minimum absolute atomic E-state index is 0.454. The van der Waals surface area contributed by atoms with Gasteiger partial charge >= 0.3 is 6.09 Å². The van der Waals surface area contributed by atoms with Gasteiger partial charge in [-0.05, 0) is 19.3 Å². The summed E-state index contributed by atoms with van der Waals surface area (Å²) in [7, 11) is 1.30. The number of rotatable bonds is 1. The Morgan fingerprint density at radius 3 is 2.69 bits per heavy atom. The Morgan fingerprint density at radius 2 is 2.15 bits per heavy atom. The number of nitrogens with zero attached hydrogens (tertiary/aromatic N) is 1. The molecule has 1 saturated heterocycles. The highest BCUT2D eigenvalue weighted by Crippen LogP contribution is 2.17. The van der Waals surface area contributed by atoms with Crippen LogP contribution in [-0.2, 0) is 9.53 Å². The second-order valence-electron chi connectivity index (χ2n) is 3.08. The van der Waals surface area contributed by atoms with Crippen molar-refractivity contribution in [2.45, 2.75) is 25.3 Å². The Morgan fingerprint density at radius 1 is 1.46 bits per heavy atom. The van der Waals surface area contributed by atoms with Crippen molar-refractivity contribution in [1.29, 1.82) is 0 Å². The first kappa shape index (κ1) is 9.83. The first-order valence-corrected chi connectivity index (χ1v) is 4.30. The van der Waals surface area contributed by atoms with E-state index in [9.17, 15) is 9.59 Å². The van der Waals surface area contributed by atoms with Gasteiger partial charge in [-0.2, -0.15) is 0 Å². The van der Waals surface area contributed by atoms with Crippen LogP contribution in [0.5, 0.6) is 0 Å². The average Bonchev–Trinajstić information content (AvgIpc) is 2.16. The molecule has 1 atom stereocenters. The second-order valence-corrected chi connectivity index (χ2v) is 3.08. The first-order chi connectivity index (χ1) is 6.16. The van der Waals surface area contributed by atoms with E-state index in [2.05, 4.69) is 4.74 Å². The van der Waals surface area contributed by atoms with Gasteiger partial charge in [-0.1, -0.05) is 0 Å². The molecular weight excluding hydrogens is 172 g/mol. The molecule has 2 N–H and O–H groups in total. The van der Waals surface area contributed by atoms with Crippen LogP contribution in [0.3, 0.4) is 0 Å². The number of amides is 2. The van der Waals surface area contributed by atoms with Crippen molar-refractivity contribution in [2.75, 3.05) is 13.7 Å². The number of piperidine rings is 1. The van der Waals surface area contributed by atoms with Gasteiger partial charge in [-0.15, -0.1) is 0 Å². The van der Waals surface area contributed by atoms with Crippen molar-refractivity contribution in [3.63, 3.8) is 0 Å². The fourth-order valence-corrected chi connectivity index (χ4v) is 1.56. The number of primary amides is 1. The second kappa shape index (κ2) is 4.11. The van der Waals surface area contributed by atoms with E-state index in [0.717, 1.165) is 12.8 Å². The van der Waals surface area contributed by atoms with Crippen molar-refractivity contribution in [1.82, 2.24) is 4.90 Å². The smallest absolute Gasteiger partial charge is 0.410 e. The molecule has 1 fully saturated rings. The van der Waals surface area contributed by atoms with Crippen LogP contribution in [0.4, 0.5) is 4.79 Å². The Hall–Kier alpha value is -1.26. The van der Waals surface area contributed by atoms with E-state index in [4.69, 9.17) is 5.73 Å². The van der Waals surface area contributed by atoms with Crippen molar-refractivity contribution in [3.05, 3.63) is 0 Å². The minimum atomic E-state index is -0.485. The largest absolute Gasteiger partial charge is 0.453 e. The van der Waals surface area contributed by atoms with Gasteiger partial charge in [0.05, 0.1) is 7.11 Å². The van der Waals surface area contributed by atoms with Crippen LogP contribution in [-0.4, -0.2) is 36.6 Å². The molecule has 0 aliphatic carbocycles. The van der Waals surface area contributed by atoms with E-state index in [-0.39, 0.29) is 0 Å². The highest BCUT2D eigenvalue weighted by molar-refractivity contribution is 5.84. The highest BCUT2D eigenvalue weighted by Gasteiger charge is 2.30. The van der Waals surface area contributed by atoms with Gasteiger partial charge in [-0.25, -0.2) is 4.79 Å². The third-order valence-electron chi connectivity index (χ3n) is 2.24. The quantitative estimate of drug-likeness (QED) is 0.630. The highest BCUT2D eigenvalue weighted by atomic mass is 16.5. The zero-order chi connectivity index (χ0) is 9.84. The van der Waals surface area contributed by atoms with Crippen LogP contribution >= 0.6 is 0 Å². The summed E-state index contributed by atoms with van der Waals surface area (Å²) in [5.41, 5.74) is 5.16. The van der Waals surface area contributed by atoms with Gasteiger partial charge in [0.25, 0.3) is 0 Å². The lowest BCUT2D eigenvalue weighted by atomic mass is 10.0. The van der Waals surface area contributed by atoms with Crippen molar-refractivity contribution >= 4 is 12.0 Å². The van der Waals surface area contributed by atoms with Gasteiger partial charge in [0.2, 0.25) is 5.91 Å². The molecule has 1 heterocycles. The van der Waals surface area contributed by atoms with Crippen LogP contribution < -0.4 is 5.73 Å². The number of carbonyl (C=O) groups excluding carboxylic acids is 2. The van der Waals surface area contributed by atoms with Crippen molar-refractivity contribution in [2.24, 2.45) is 5.73 Å². The number of hydrogen-bond donors (Lipinski definition) is 1. The standard InChI is InChI=1S/C8H14N2O3/c1-13-8(12)10-5-3-2-4-6(10)7(9)11/h6H,2-5H2,1H3,(H2,9,11). The maximum Gasteiger partial charge on any atom is 0.410 e. The van der Waals surface area contributed by atoms with E-state index in [0.29, 0.717) is 13.0 Å². The molecule has 0 saturated carbocycles. The lowest BCUT2D eigenvalue weighted by molar-refractivity contribution is -0.123. The molecular formula is C8H14N2O3. The minimum Gasteiger partial charge on any atom is -0.453 e. The molecule has 0 aromatic heterocycles. The van der Waals surface area contributed by atoms with E-state index < -0.39 is 18.0 Å². The summed E-state index contributed by atoms with van der Waals surface area (Å²) in [5, 5.41) is 0. The lowest BCUT2D eigenvalue weighted by Gasteiger charge is -2.32. The summed E-state index contributed by atoms with van der Waals surface area (Å²) in [6.45, 7) is 0.556. The Balaban J connectivity index is 2.67. The van der Waals surface area contributed by atoms with E-state index in [1.54, 1.807) is 0 Å². The average molecular weight is 186 g/mol. The predicted octanol–water partition coefficient (Wildman–Crippen LogP) is 0.0926. The third kappa shape index (κ3) is 2.11. The number of carbonyl (C=O) groups is 2. The first-order valence-electron chi connectivity index (χ1n) is 4.30. The van der Waals surface area contributed by atoms with Gasteiger partial charge in [-0.3, -0.25) is 9.69 Å². The molecule has 0 aromatic rings. The molecule has 5 nitrogen and oxygen atoms in total. The third-order valence-corrected chi connectivity index (χ3v) is 2.24. The number of methoxy groups -OCH3 is 1. The molecule has 0 radical (unpaired) electrons. The molecule has 1 aliphatic rings. The predicted molar refractivity (Wildman–Crippen MR) is 45.9 cm³/mol. The SMILES string of the molecule is COC(=O)N1CCCCC1C(N)=O. The number of nitrogens with two attached hydrogens (primary N) is 1. The molecule has 13 heavy (non-hydrogen) atoms. The molecule has 0 bridgehead atoms. The fraction of sp³-hybridized carbons (Fsp3) is 0.750. The summed E-state index contributed by atoms with van der Waals surface area (Å²) in [4.78, 5) is 23.5. The Kier molecular flexibility index (Phi) is 3.11. The molecule has 1 unspecified atom stereocenters. The van der Waals surface area contributed by atoms with Crippen LogP contribution in [0.2, 0.25) is 0 Å². The van der Waals surface area contributed by atoms with Gasteiger partial charge in [0.1, 0.15) is 6.04 Å². The van der Waals surface area contributed by atoms with Crippen molar-refractivity contribution < 1.29 is 14.3 Å². The molecule has 0 aromatic carbocycles. The molecule has 1 rings (SSSR count). The zero-order valence-corrected chi connectivity index (χ0v) is 7.66. The maximum atomic E-state index is 11.2. The van der Waals surface area contributed by atoms with Crippen LogP contribution in [0.25, 0.3) is 0 Å². The number of ether oxygens (including phenoxy) is 1. The lowest BCUT2D eigenvalue weighted by Crippen LogP contribution is -2.50. The summed E-state index contributed by atoms with van der Waals surface area (Å²) in [5.74, 6) is -0.454. The number of likely N-dealkylation sites (tertiary alicyclic amines) is 1. The summed E-state index contributed by atoms with van der Waals surface area (Å²) in [6.07, 6.45) is 2.01. The van der Waals surface area contributed by atoms with E-state index in [1.165, 1.54) is 12.0 Å². The number of hydrogen-bond acceptors (Lipinski definition) is 3. The molecule has 0 spiro atoms. The summed E-state index contributed by atoms with van der Waals surface area (Å²) >= 11 is 0. The monoisotopic (exact) mass is 186 g/mol. The Bertz CT molecular complexity index is 217. The molecule has 5 heteroatoms. The van der Waals surface area contributed by atoms with E-state index >= 15 is 0 Å². The van der Waals surface area contributed by atoms with Crippen LogP contribution in [0, 0.1) is 0 Å². The molecule has 74 valence electrons. The molecule has 1 aliphatic heterocycles. The zero-order valence-electron chi connectivity index (χ0n) is 7.66. The van der Waals surface area contributed by atoms with Gasteiger partial charge in [0, 0.05) is 6.54 Å². The normalized spacial score (nSPS) is 22.5. The Labute approximate surface area is 76.8 Å². The fourth-order valence-electron chi connectivity index (χ4n) is 1.56. The van der Waals surface area contributed by atoms with Crippen LogP contribution in [0.1, 0.15) is 19.3 Å². The van der Waals surface area contributed by atoms with Gasteiger partial charge in [0.15, 0.2) is 0 Å². The van der Waals surface area contributed by atoms with Crippen molar-refractivity contribution in [3.8, 4) is 0 Å². The summed E-state index contributed by atoms with van der Waals surface area (Å²) in [6, 6.07) is -0.485. The van der Waals surface area contributed by atoms with Gasteiger partial charge < -0.3 is 10.5 Å². The maximum absolute atomic E-state index is 11.2. The topological polar surface area (TPSA) is 72.6 Å². The molecule has 2 amide bonds. The van der Waals surface area contributed by atoms with E-state index in [1.807, 2.05) is 0 Å².